The van der Waals surface area contributed by atoms with E-state index >= 15 is 0 Å². The Morgan fingerprint density at radius 2 is 1.86 bits per heavy atom. The van der Waals surface area contributed by atoms with Crippen LogP contribution in [0.2, 0.25) is 0 Å². The third kappa shape index (κ3) is 5.49. The van der Waals surface area contributed by atoms with Crippen molar-refractivity contribution in [3.8, 4) is 6.07 Å². The molecule has 0 saturated heterocycles. The van der Waals surface area contributed by atoms with Gasteiger partial charge in [0.25, 0.3) is 0 Å². The van der Waals surface area contributed by atoms with E-state index in [-0.39, 0.29) is 22.4 Å². The molecule has 1 heterocycles. The van der Waals surface area contributed by atoms with E-state index in [0.717, 1.165) is 29.8 Å². The van der Waals surface area contributed by atoms with Gasteiger partial charge in [-0.25, -0.2) is 4.98 Å². The second-order valence-electron chi connectivity index (χ2n) is 6.31. The predicted molar refractivity (Wildman–Crippen MR) is 102 cm³/mol. The van der Waals surface area contributed by atoms with Gasteiger partial charge in [0.1, 0.15) is 11.1 Å². The van der Waals surface area contributed by atoms with Crippen LogP contribution in [0, 0.1) is 18.3 Å². The number of nitrogens with zero attached hydrogens (tertiary/aromatic N) is 3. The summed E-state index contributed by atoms with van der Waals surface area (Å²) in [6.07, 6.45) is -3.73. The van der Waals surface area contributed by atoms with Crippen molar-refractivity contribution >= 4 is 17.7 Å². The van der Waals surface area contributed by atoms with Crippen molar-refractivity contribution in [2.24, 2.45) is 0 Å². The Bertz CT molecular complexity index is 889. The third-order valence-corrected chi connectivity index (χ3v) is 5.10. The van der Waals surface area contributed by atoms with E-state index in [4.69, 9.17) is 5.26 Å². The maximum atomic E-state index is 13.2. The number of nitriles is 1. The van der Waals surface area contributed by atoms with Crippen LogP contribution in [0.5, 0.6) is 0 Å². The van der Waals surface area contributed by atoms with Crippen LogP contribution in [0.4, 0.5) is 13.2 Å². The number of aromatic nitrogens is 1. The van der Waals surface area contributed by atoms with Crippen LogP contribution in [0.25, 0.3) is 0 Å². The summed E-state index contributed by atoms with van der Waals surface area (Å²) in [7, 11) is 1.63. The van der Waals surface area contributed by atoms with E-state index in [1.54, 1.807) is 13.1 Å². The van der Waals surface area contributed by atoms with E-state index in [1.165, 1.54) is 17.4 Å². The Labute approximate surface area is 166 Å². The fraction of sp³-hybridized carbons (Fsp3) is 0.350. The first-order valence-electron chi connectivity index (χ1n) is 8.59. The minimum absolute atomic E-state index is 0.0797. The predicted octanol–water partition coefficient (Wildman–Crippen LogP) is 4.59. The molecule has 1 amide bonds. The Kier molecular flexibility index (Phi) is 7.08. The first-order chi connectivity index (χ1) is 13.2. The van der Waals surface area contributed by atoms with Crippen LogP contribution in [0.15, 0.2) is 35.4 Å². The fourth-order valence-corrected chi connectivity index (χ4v) is 3.55. The van der Waals surface area contributed by atoms with E-state index in [9.17, 15) is 18.0 Å². The van der Waals surface area contributed by atoms with E-state index < -0.39 is 17.3 Å². The van der Waals surface area contributed by atoms with Crippen molar-refractivity contribution in [2.75, 3.05) is 12.8 Å². The van der Waals surface area contributed by atoms with Gasteiger partial charge in [-0.05, 0) is 30.5 Å². The number of benzene rings is 1. The number of halogens is 3. The number of pyridine rings is 1. The monoisotopic (exact) mass is 407 g/mol. The van der Waals surface area contributed by atoms with Crippen LogP contribution in [-0.2, 0) is 23.9 Å². The van der Waals surface area contributed by atoms with Gasteiger partial charge in [-0.2, -0.15) is 18.4 Å². The highest BCUT2D eigenvalue weighted by Crippen LogP contribution is 2.35. The van der Waals surface area contributed by atoms with E-state index in [2.05, 4.69) is 11.9 Å². The molecule has 1 aromatic heterocycles. The zero-order chi connectivity index (χ0) is 20.9. The largest absolute Gasteiger partial charge is 0.417 e. The summed E-state index contributed by atoms with van der Waals surface area (Å²) in [6.45, 7) is 3.87. The third-order valence-electron chi connectivity index (χ3n) is 4.14. The molecule has 0 radical (unpaired) electrons. The maximum absolute atomic E-state index is 13.2. The van der Waals surface area contributed by atoms with E-state index in [1.807, 2.05) is 24.3 Å². The van der Waals surface area contributed by atoms with Gasteiger partial charge in [0.05, 0.1) is 16.9 Å². The molecule has 4 nitrogen and oxygen atoms in total. The summed E-state index contributed by atoms with van der Waals surface area (Å²) < 4.78 is 39.5. The number of carbonyl (C=O) groups excluding carboxylic acids is 1. The molecule has 1 aromatic carbocycles. The standard InChI is InChI=1S/C20H20F3N3OS/c1-4-14-5-7-15(8-6-14)11-26(3)18(27)12-28-19-16(10-24)17(20(21,22)23)9-13(2)25-19/h5-9H,4,11-12H2,1-3H3. The summed E-state index contributed by atoms with van der Waals surface area (Å²) in [6, 6.07) is 10.3. The minimum Gasteiger partial charge on any atom is -0.341 e. The van der Waals surface area contributed by atoms with E-state index in [0.29, 0.717) is 6.54 Å². The van der Waals surface area contributed by atoms with Crippen molar-refractivity contribution < 1.29 is 18.0 Å². The second-order valence-corrected chi connectivity index (χ2v) is 7.27. The molecule has 0 spiro atoms. The van der Waals surface area contributed by atoms with Gasteiger partial charge in [0.2, 0.25) is 5.91 Å². The molecule has 28 heavy (non-hydrogen) atoms. The number of thioether (sulfide) groups is 1. The molecule has 0 aliphatic heterocycles. The molecule has 0 atom stereocenters. The van der Waals surface area contributed by atoms with Gasteiger partial charge in [0, 0.05) is 19.3 Å². The smallest absolute Gasteiger partial charge is 0.341 e. The molecule has 2 aromatic rings. The van der Waals surface area contributed by atoms with Gasteiger partial charge in [-0.3, -0.25) is 4.79 Å². The number of hydrogen-bond acceptors (Lipinski definition) is 4. The molecule has 0 fully saturated rings. The lowest BCUT2D eigenvalue weighted by Gasteiger charge is -2.18. The lowest BCUT2D eigenvalue weighted by molar-refractivity contribution is -0.138. The fourth-order valence-electron chi connectivity index (χ4n) is 2.56. The van der Waals surface area contributed by atoms with Gasteiger partial charge >= 0.3 is 6.18 Å². The highest BCUT2D eigenvalue weighted by molar-refractivity contribution is 8.00. The Balaban J connectivity index is 2.09. The first-order valence-corrected chi connectivity index (χ1v) is 9.57. The van der Waals surface area contributed by atoms with Gasteiger partial charge in [-0.1, -0.05) is 43.0 Å². The zero-order valence-corrected chi connectivity index (χ0v) is 16.6. The molecular formula is C20H20F3N3OS. The van der Waals surface area contributed by atoms with Gasteiger partial charge < -0.3 is 4.90 Å². The van der Waals surface area contributed by atoms with Crippen LogP contribution in [0.3, 0.4) is 0 Å². The van der Waals surface area contributed by atoms with Crippen molar-refractivity contribution in [2.45, 2.75) is 38.0 Å². The number of amides is 1. The summed E-state index contributed by atoms with van der Waals surface area (Å²) in [4.78, 5) is 17.9. The highest BCUT2D eigenvalue weighted by Gasteiger charge is 2.35. The summed E-state index contributed by atoms with van der Waals surface area (Å²) in [5, 5.41) is 9.09. The average Bonchev–Trinajstić information content (AvgIpc) is 2.65. The molecule has 2 rings (SSSR count). The normalized spacial score (nSPS) is 11.2. The van der Waals surface area contributed by atoms with Crippen molar-refractivity contribution in [3.63, 3.8) is 0 Å². The molecule has 0 aliphatic carbocycles. The zero-order valence-electron chi connectivity index (χ0n) is 15.8. The number of rotatable bonds is 6. The molecule has 0 unspecified atom stereocenters. The van der Waals surface area contributed by atoms with Crippen molar-refractivity contribution in [1.82, 2.24) is 9.88 Å². The Morgan fingerprint density at radius 3 is 2.39 bits per heavy atom. The molecule has 0 bridgehead atoms. The molecule has 8 heteroatoms. The lowest BCUT2D eigenvalue weighted by atomic mass is 10.1. The van der Waals surface area contributed by atoms with Crippen molar-refractivity contribution in [3.05, 3.63) is 58.3 Å². The number of aryl methyl sites for hydroxylation is 2. The van der Waals surface area contributed by atoms with Crippen LogP contribution in [0.1, 0.15) is 34.9 Å². The molecule has 148 valence electrons. The van der Waals surface area contributed by atoms with Crippen LogP contribution in [-0.4, -0.2) is 28.6 Å². The Hall–Kier alpha value is -2.53. The maximum Gasteiger partial charge on any atom is 0.417 e. The number of alkyl halides is 3. The van der Waals surface area contributed by atoms with Crippen LogP contribution < -0.4 is 0 Å². The van der Waals surface area contributed by atoms with Gasteiger partial charge in [-0.15, -0.1) is 0 Å². The topological polar surface area (TPSA) is 57.0 Å². The number of hydrogen-bond donors (Lipinski definition) is 0. The lowest BCUT2D eigenvalue weighted by Crippen LogP contribution is -2.27. The molecular weight excluding hydrogens is 387 g/mol. The van der Waals surface area contributed by atoms with Crippen molar-refractivity contribution in [1.29, 1.82) is 5.26 Å². The SMILES string of the molecule is CCc1ccc(CN(C)C(=O)CSc2nc(C)cc(C(F)(F)F)c2C#N)cc1. The first kappa shape index (κ1) is 21.8. The quantitative estimate of drug-likeness (QED) is 0.657. The molecule has 0 N–H and O–H groups in total. The Morgan fingerprint density at radius 1 is 1.25 bits per heavy atom. The summed E-state index contributed by atoms with van der Waals surface area (Å²) in [5.41, 5.74) is 0.730. The average molecular weight is 407 g/mol. The molecule has 0 saturated carbocycles. The second kappa shape index (κ2) is 9.11. The van der Waals surface area contributed by atoms with Gasteiger partial charge in [0.15, 0.2) is 0 Å². The summed E-state index contributed by atoms with van der Waals surface area (Å²) >= 11 is 0.844. The summed E-state index contributed by atoms with van der Waals surface area (Å²) in [5.74, 6) is -0.364. The highest BCUT2D eigenvalue weighted by atomic mass is 32.2. The number of carbonyl (C=O) groups is 1. The minimum atomic E-state index is -4.65. The molecule has 0 aliphatic rings. The van der Waals surface area contributed by atoms with Crippen LogP contribution >= 0.6 is 11.8 Å².